The van der Waals surface area contributed by atoms with Gasteiger partial charge in [-0.25, -0.2) is 0 Å². The Balaban J connectivity index is 1.56. The van der Waals surface area contributed by atoms with Gasteiger partial charge in [-0.05, 0) is 42.0 Å². The van der Waals surface area contributed by atoms with E-state index in [1.165, 1.54) is 13.2 Å². The van der Waals surface area contributed by atoms with Crippen LogP contribution in [0.15, 0.2) is 73.1 Å². The molecule has 0 aliphatic carbocycles. The molecule has 0 saturated heterocycles. The number of carbonyl (C=O) groups excluding carboxylic acids is 1. The Morgan fingerprint density at radius 3 is 2.52 bits per heavy atom. The van der Waals surface area contributed by atoms with Gasteiger partial charge in [0.05, 0.1) is 19.9 Å². The molecule has 0 atom stereocenters. The Morgan fingerprint density at radius 1 is 1.03 bits per heavy atom. The van der Waals surface area contributed by atoms with Gasteiger partial charge in [-0.15, -0.1) is 0 Å². The first-order valence-electron chi connectivity index (χ1n) is 9.01. The lowest BCUT2D eigenvalue weighted by molar-refractivity contribution is -0.111. The maximum atomic E-state index is 12.2. The van der Waals surface area contributed by atoms with Crippen molar-refractivity contribution in [2.24, 2.45) is 0 Å². The number of nitrogens with zero attached hydrogens (tertiary/aromatic N) is 1. The molecule has 0 unspecified atom stereocenters. The number of carbonyl (C=O) groups is 1. The first-order valence-corrected chi connectivity index (χ1v) is 9.01. The van der Waals surface area contributed by atoms with Gasteiger partial charge in [0.1, 0.15) is 23.9 Å². The summed E-state index contributed by atoms with van der Waals surface area (Å²) in [5.74, 6) is 1.67. The smallest absolute Gasteiger partial charge is 0.248 e. The molecule has 2 aromatic carbocycles. The average Bonchev–Trinajstić information content (AvgIpc) is 2.78. The summed E-state index contributed by atoms with van der Waals surface area (Å²) in [6.45, 7) is 0.453. The third-order valence-corrected chi connectivity index (χ3v) is 4.10. The van der Waals surface area contributed by atoms with E-state index in [1.807, 2.05) is 36.4 Å². The summed E-state index contributed by atoms with van der Waals surface area (Å²) in [4.78, 5) is 16.3. The molecule has 0 aliphatic rings. The molecule has 1 heterocycles. The van der Waals surface area contributed by atoms with E-state index in [9.17, 15) is 4.79 Å². The predicted molar refractivity (Wildman–Crippen MR) is 112 cm³/mol. The average molecular weight is 390 g/mol. The van der Waals surface area contributed by atoms with E-state index in [1.54, 1.807) is 43.8 Å². The van der Waals surface area contributed by atoms with E-state index in [0.717, 1.165) is 16.9 Å². The van der Waals surface area contributed by atoms with Crippen LogP contribution in [0, 0.1) is 0 Å². The van der Waals surface area contributed by atoms with Crippen molar-refractivity contribution in [3.05, 3.63) is 84.2 Å². The summed E-state index contributed by atoms with van der Waals surface area (Å²) in [5.41, 5.74) is 2.46. The standard InChI is InChI=1S/C23H22N2O4/c1-27-20-10-11-21(22(14-20)28-2)25-23(26)12-7-17-5-8-19(9-6-17)29-16-18-4-3-13-24-15-18/h3-15H,16H2,1-2H3,(H,25,26)/b12-7+. The number of amides is 1. The summed E-state index contributed by atoms with van der Waals surface area (Å²) >= 11 is 0. The largest absolute Gasteiger partial charge is 0.497 e. The van der Waals surface area contributed by atoms with Crippen LogP contribution in [-0.2, 0) is 11.4 Å². The molecule has 0 spiro atoms. The van der Waals surface area contributed by atoms with Crippen molar-refractivity contribution in [1.29, 1.82) is 0 Å². The molecule has 29 heavy (non-hydrogen) atoms. The SMILES string of the molecule is COc1ccc(NC(=O)/C=C/c2ccc(OCc3cccnc3)cc2)c(OC)c1. The van der Waals surface area contributed by atoms with Gasteiger partial charge in [0, 0.05) is 30.1 Å². The van der Waals surface area contributed by atoms with Gasteiger partial charge < -0.3 is 19.5 Å². The molecule has 3 aromatic rings. The molecule has 1 amide bonds. The quantitative estimate of drug-likeness (QED) is 0.580. The van der Waals surface area contributed by atoms with E-state index in [0.29, 0.717) is 23.8 Å². The van der Waals surface area contributed by atoms with E-state index in [4.69, 9.17) is 14.2 Å². The van der Waals surface area contributed by atoms with Gasteiger partial charge in [0.25, 0.3) is 0 Å². The van der Waals surface area contributed by atoms with Gasteiger partial charge in [-0.1, -0.05) is 18.2 Å². The number of methoxy groups -OCH3 is 2. The fourth-order valence-corrected chi connectivity index (χ4v) is 2.57. The van der Waals surface area contributed by atoms with Crippen molar-refractivity contribution < 1.29 is 19.0 Å². The maximum Gasteiger partial charge on any atom is 0.248 e. The Morgan fingerprint density at radius 2 is 1.83 bits per heavy atom. The second-order valence-corrected chi connectivity index (χ2v) is 6.11. The fourth-order valence-electron chi connectivity index (χ4n) is 2.57. The molecule has 0 aliphatic heterocycles. The van der Waals surface area contributed by atoms with Crippen LogP contribution in [0.4, 0.5) is 5.69 Å². The maximum absolute atomic E-state index is 12.2. The Kier molecular flexibility index (Phi) is 6.84. The minimum atomic E-state index is -0.259. The molecular formula is C23H22N2O4. The lowest BCUT2D eigenvalue weighted by Crippen LogP contribution is -2.09. The van der Waals surface area contributed by atoms with Crippen LogP contribution in [0.5, 0.6) is 17.2 Å². The van der Waals surface area contributed by atoms with Gasteiger partial charge in [-0.2, -0.15) is 0 Å². The highest BCUT2D eigenvalue weighted by atomic mass is 16.5. The van der Waals surface area contributed by atoms with Gasteiger partial charge >= 0.3 is 0 Å². The van der Waals surface area contributed by atoms with Crippen LogP contribution in [0.25, 0.3) is 6.08 Å². The summed E-state index contributed by atoms with van der Waals surface area (Å²) in [6, 6.07) is 16.5. The minimum absolute atomic E-state index is 0.259. The lowest BCUT2D eigenvalue weighted by Gasteiger charge is -2.10. The summed E-state index contributed by atoms with van der Waals surface area (Å²) in [5, 5.41) is 2.80. The van der Waals surface area contributed by atoms with Crippen molar-refractivity contribution in [1.82, 2.24) is 4.98 Å². The lowest BCUT2D eigenvalue weighted by atomic mass is 10.2. The third kappa shape index (κ3) is 5.84. The van der Waals surface area contributed by atoms with Gasteiger partial charge in [-0.3, -0.25) is 9.78 Å². The van der Waals surface area contributed by atoms with E-state index in [2.05, 4.69) is 10.3 Å². The number of hydrogen-bond acceptors (Lipinski definition) is 5. The van der Waals surface area contributed by atoms with Crippen LogP contribution in [0.1, 0.15) is 11.1 Å². The molecule has 6 heteroatoms. The Hall–Kier alpha value is -3.80. The topological polar surface area (TPSA) is 69.7 Å². The third-order valence-electron chi connectivity index (χ3n) is 4.10. The van der Waals surface area contributed by atoms with Crippen LogP contribution in [0.2, 0.25) is 0 Å². The number of aromatic nitrogens is 1. The first kappa shape index (κ1) is 19.9. The Labute approximate surface area is 169 Å². The Bertz CT molecular complexity index is 970. The van der Waals surface area contributed by atoms with Crippen molar-refractivity contribution in [2.75, 3.05) is 19.5 Å². The molecule has 148 valence electrons. The van der Waals surface area contributed by atoms with Crippen molar-refractivity contribution in [3.63, 3.8) is 0 Å². The van der Waals surface area contributed by atoms with Gasteiger partial charge in [0.2, 0.25) is 5.91 Å². The molecular weight excluding hydrogens is 368 g/mol. The zero-order chi connectivity index (χ0) is 20.5. The van der Waals surface area contributed by atoms with Crippen molar-refractivity contribution in [3.8, 4) is 17.2 Å². The summed E-state index contributed by atoms with van der Waals surface area (Å²) in [7, 11) is 3.11. The zero-order valence-corrected chi connectivity index (χ0v) is 16.3. The number of pyridine rings is 1. The highest BCUT2D eigenvalue weighted by Crippen LogP contribution is 2.29. The highest BCUT2D eigenvalue weighted by Gasteiger charge is 2.07. The number of ether oxygens (including phenoxy) is 3. The normalized spacial score (nSPS) is 10.6. The second kappa shape index (κ2) is 9.94. The first-order chi connectivity index (χ1) is 14.2. The van der Waals surface area contributed by atoms with E-state index in [-0.39, 0.29) is 5.91 Å². The highest BCUT2D eigenvalue weighted by molar-refractivity contribution is 6.02. The monoisotopic (exact) mass is 390 g/mol. The number of rotatable bonds is 8. The van der Waals surface area contributed by atoms with Crippen LogP contribution in [-0.4, -0.2) is 25.1 Å². The minimum Gasteiger partial charge on any atom is -0.497 e. The zero-order valence-electron chi connectivity index (χ0n) is 16.3. The number of nitrogens with one attached hydrogen (secondary N) is 1. The fraction of sp³-hybridized carbons (Fsp3) is 0.130. The van der Waals surface area contributed by atoms with Crippen molar-refractivity contribution >= 4 is 17.7 Å². The number of hydrogen-bond donors (Lipinski definition) is 1. The van der Waals surface area contributed by atoms with Crippen LogP contribution in [0.3, 0.4) is 0 Å². The summed E-state index contributed by atoms with van der Waals surface area (Å²) in [6.07, 6.45) is 6.70. The molecule has 0 fully saturated rings. The molecule has 0 radical (unpaired) electrons. The van der Waals surface area contributed by atoms with E-state index < -0.39 is 0 Å². The van der Waals surface area contributed by atoms with Crippen molar-refractivity contribution in [2.45, 2.75) is 6.61 Å². The molecule has 6 nitrogen and oxygen atoms in total. The van der Waals surface area contributed by atoms with E-state index >= 15 is 0 Å². The van der Waals surface area contributed by atoms with Crippen LogP contribution < -0.4 is 19.5 Å². The predicted octanol–water partition coefficient (Wildman–Crippen LogP) is 4.33. The number of benzene rings is 2. The summed E-state index contributed by atoms with van der Waals surface area (Å²) < 4.78 is 16.2. The molecule has 0 saturated carbocycles. The number of anilines is 1. The molecule has 1 N–H and O–H groups in total. The molecule has 0 bridgehead atoms. The van der Waals surface area contributed by atoms with Gasteiger partial charge in [0.15, 0.2) is 0 Å². The molecule has 1 aromatic heterocycles. The second-order valence-electron chi connectivity index (χ2n) is 6.11. The van der Waals surface area contributed by atoms with Crippen LogP contribution >= 0.6 is 0 Å². The molecule has 3 rings (SSSR count).